The van der Waals surface area contributed by atoms with Crippen LogP contribution in [0.1, 0.15) is 5.56 Å². The van der Waals surface area contributed by atoms with E-state index in [0.717, 1.165) is 6.07 Å². The van der Waals surface area contributed by atoms with E-state index in [2.05, 4.69) is 11.9 Å². The average molecular weight is 236 g/mol. The summed E-state index contributed by atoms with van der Waals surface area (Å²) in [6.07, 6.45) is 0. The summed E-state index contributed by atoms with van der Waals surface area (Å²) in [6, 6.07) is 1.33. The van der Waals surface area contributed by atoms with E-state index in [4.69, 9.17) is 11.6 Å². The highest BCUT2D eigenvalue weighted by molar-refractivity contribution is 6.29. The first-order valence-electron chi connectivity index (χ1n) is 4.18. The number of nitrogens with one attached hydrogen (secondary N) is 1. The van der Waals surface area contributed by atoms with Crippen molar-refractivity contribution in [3.63, 3.8) is 0 Å². The first kappa shape index (κ1) is 12.1. The smallest absolute Gasteiger partial charge is 0.161 e. The molecule has 1 N–H and O–H groups in total. The summed E-state index contributed by atoms with van der Waals surface area (Å²) in [5.41, 5.74) is 0.0480. The van der Waals surface area contributed by atoms with E-state index in [1.165, 1.54) is 0 Å². The van der Waals surface area contributed by atoms with Crippen LogP contribution >= 0.6 is 11.6 Å². The molecule has 0 amide bonds. The monoisotopic (exact) mass is 235 g/mol. The van der Waals surface area contributed by atoms with Gasteiger partial charge in [0.2, 0.25) is 0 Å². The van der Waals surface area contributed by atoms with Crippen LogP contribution in [-0.4, -0.2) is 6.54 Å². The van der Waals surface area contributed by atoms with Gasteiger partial charge < -0.3 is 5.32 Å². The van der Waals surface area contributed by atoms with Gasteiger partial charge in [-0.25, -0.2) is 13.2 Å². The van der Waals surface area contributed by atoms with Crippen LogP contribution in [0.5, 0.6) is 0 Å². The zero-order chi connectivity index (χ0) is 11.4. The van der Waals surface area contributed by atoms with E-state index >= 15 is 0 Å². The van der Waals surface area contributed by atoms with Gasteiger partial charge in [-0.1, -0.05) is 18.2 Å². The molecule has 1 aromatic carbocycles. The fourth-order valence-electron chi connectivity index (χ4n) is 1.03. The molecule has 0 aliphatic rings. The summed E-state index contributed by atoms with van der Waals surface area (Å²) in [4.78, 5) is 0. The summed E-state index contributed by atoms with van der Waals surface area (Å²) in [6.45, 7) is 3.76. The lowest BCUT2D eigenvalue weighted by Gasteiger charge is -2.05. The minimum Gasteiger partial charge on any atom is -0.308 e. The van der Waals surface area contributed by atoms with Gasteiger partial charge in [-0.15, -0.1) is 0 Å². The molecule has 0 bridgehead atoms. The van der Waals surface area contributed by atoms with Crippen molar-refractivity contribution in [2.45, 2.75) is 6.54 Å². The van der Waals surface area contributed by atoms with Gasteiger partial charge in [0.25, 0.3) is 0 Å². The molecular weight excluding hydrogens is 227 g/mol. The van der Waals surface area contributed by atoms with Crippen LogP contribution in [0, 0.1) is 17.5 Å². The highest BCUT2D eigenvalue weighted by atomic mass is 35.5. The minimum atomic E-state index is -1.20. The van der Waals surface area contributed by atoms with E-state index in [9.17, 15) is 13.2 Å². The van der Waals surface area contributed by atoms with E-state index in [0.29, 0.717) is 11.1 Å². The van der Waals surface area contributed by atoms with Gasteiger partial charge in [-0.05, 0) is 6.07 Å². The van der Waals surface area contributed by atoms with Gasteiger partial charge in [0.1, 0.15) is 5.82 Å². The standard InChI is InChI=1S/C10H9ClF3N/c1-6(11)4-15-5-7-2-9(13)10(14)3-8(7)12/h2-3,15H,1,4-5H2. The van der Waals surface area contributed by atoms with Gasteiger partial charge >= 0.3 is 0 Å². The van der Waals surface area contributed by atoms with Crippen LogP contribution in [-0.2, 0) is 6.54 Å². The maximum atomic E-state index is 13.1. The van der Waals surface area contributed by atoms with E-state index in [-0.39, 0.29) is 18.7 Å². The van der Waals surface area contributed by atoms with Crippen molar-refractivity contribution in [3.8, 4) is 0 Å². The second-order valence-electron chi connectivity index (χ2n) is 2.98. The van der Waals surface area contributed by atoms with Gasteiger partial charge in [0.15, 0.2) is 11.6 Å². The molecular formula is C10H9ClF3N. The molecule has 0 aliphatic carbocycles. The molecule has 0 spiro atoms. The number of hydrogen-bond acceptors (Lipinski definition) is 1. The molecule has 0 aromatic heterocycles. The second kappa shape index (κ2) is 5.19. The molecule has 15 heavy (non-hydrogen) atoms. The summed E-state index contributed by atoms with van der Waals surface area (Å²) in [7, 11) is 0. The summed E-state index contributed by atoms with van der Waals surface area (Å²) >= 11 is 5.46. The number of halogens is 4. The van der Waals surface area contributed by atoms with Crippen LogP contribution in [0.4, 0.5) is 13.2 Å². The second-order valence-corrected chi connectivity index (χ2v) is 3.51. The zero-order valence-corrected chi connectivity index (χ0v) is 8.54. The van der Waals surface area contributed by atoms with Gasteiger partial charge in [-0.3, -0.25) is 0 Å². The molecule has 0 unspecified atom stereocenters. The van der Waals surface area contributed by atoms with Crippen LogP contribution < -0.4 is 5.32 Å². The molecule has 0 heterocycles. The molecule has 0 saturated heterocycles. The molecule has 0 fully saturated rings. The van der Waals surface area contributed by atoms with E-state index in [1.807, 2.05) is 0 Å². The Morgan fingerprint density at radius 2 is 1.80 bits per heavy atom. The van der Waals surface area contributed by atoms with Crippen molar-refractivity contribution in [2.24, 2.45) is 0 Å². The Hall–Kier alpha value is -1.00. The Labute approximate surface area is 90.6 Å². The molecule has 0 aliphatic heterocycles. The third-order valence-electron chi connectivity index (χ3n) is 1.72. The predicted molar refractivity (Wildman–Crippen MR) is 53.0 cm³/mol. The third kappa shape index (κ3) is 3.57. The Bertz CT molecular complexity index is 379. The summed E-state index contributed by atoms with van der Waals surface area (Å²) < 4.78 is 38.3. The van der Waals surface area contributed by atoms with Crippen LogP contribution in [0.25, 0.3) is 0 Å². The van der Waals surface area contributed by atoms with Crippen molar-refractivity contribution < 1.29 is 13.2 Å². The van der Waals surface area contributed by atoms with Crippen LogP contribution in [0.3, 0.4) is 0 Å². The quantitative estimate of drug-likeness (QED) is 0.792. The summed E-state index contributed by atoms with van der Waals surface area (Å²) in [5, 5.41) is 3.09. The first-order valence-corrected chi connectivity index (χ1v) is 4.56. The first-order chi connectivity index (χ1) is 7.00. The molecule has 82 valence electrons. The fraction of sp³-hybridized carbons (Fsp3) is 0.200. The lowest BCUT2D eigenvalue weighted by molar-refractivity contribution is 0.488. The molecule has 0 atom stereocenters. The summed E-state index contributed by atoms with van der Waals surface area (Å²) in [5.74, 6) is -3.06. The lowest BCUT2D eigenvalue weighted by atomic mass is 10.2. The maximum absolute atomic E-state index is 13.1. The van der Waals surface area contributed by atoms with Gasteiger partial charge in [0, 0.05) is 29.8 Å². The molecule has 1 rings (SSSR count). The third-order valence-corrected chi connectivity index (χ3v) is 1.86. The highest BCUT2D eigenvalue weighted by Crippen LogP contribution is 2.13. The molecule has 0 saturated carbocycles. The van der Waals surface area contributed by atoms with Gasteiger partial charge in [-0.2, -0.15) is 0 Å². The maximum Gasteiger partial charge on any atom is 0.161 e. The zero-order valence-electron chi connectivity index (χ0n) is 7.79. The van der Waals surface area contributed by atoms with E-state index in [1.54, 1.807) is 0 Å². The average Bonchev–Trinajstić information content (AvgIpc) is 2.13. The molecule has 1 aromatic rings. The topological polar surface area (TPSA) is 12.0 Å². The fourth-order valence-corrected chi connectivity index (χ4v) is 1.13. The Kier molecular flexibility index (Phi) is 4.17. The largest absolute Gasteiger partial charge is 0.308 e. The number of benzene rings is 1. The van der Waals surface area contributed by atoms with Crippen molar-refractivity contribution in [1.29, 1.82) is 0 Å². The minimum absolute atomic E-state index is 0.0480. The van der Waals surface area contributed by atoms with Crippen LogP contribution in [0.15, 0.2) is 23.7 Å². The van der Waals surface area contributed by atoms with Crippen molar-refractivity contribution in [2.75, 3.05) is 6.54 Å². The lowest BCUT2D eigenvalue weighted by Crippen LogP contribution is -2.16. The van der Waals surface area contributed by atoms with E-state index < -0.39 is 17.5 Å². The Morgan fingerprint density at radius 1 is 1.20 bits per heavy atom. The highest BCUT2D eigenvalue weighted by Gasteiger charge is 2.08. The SMILES string of the molecule is C=C(Cl)CNCc1cc(F)c(F)cc1F. The Morgan fingerprint density at radius 3 is 2.40 bits per heavy atom. The Balaban J connectivity index is 2.69. The number of rotatable bonds is 4. The normalized spacial score (nSPS) is 10.4. The van der Waals surface area contributed by atoms with Crippen molar-refractivity contribution in [3.05, 3.63) is 46.8 Å². The van der Waals surface area contributed by atoms with Crippen LogP contribution in [0.2, 0.25) is 0 Å². The molecule has 0 radical (unpaired) electrons. The van der Waals surface area contributed by atoms with Gasteiger partial charge in [0.05, 0.1) is 0 Å². The molecule has 1 nitrogen and oxygen atoms in total. The van der Waals surface area contributed by atoms with Crippen molar-refractivity contribution >= 4 is 11.6 Å². The molecule has 5 heteroatoms. The number of hydrogen-bond donors (Lipinski definition) is 1. The van der Waals surface area contributed by atoms with Crippen molar-refractivity contribution in [1.82, 2.24) is 5.32 Å². The predicted octanol–water partition coefficient (Wildman–Crippen LogP) is 2.95.